The number of carboxylic acid groups (broad SMARTS) is 1. The monoisotopic (exact) mass is 374 g/mol. The molecular weight excluding hydrogens is 359 g/mol. The van der Waals surface area contributed by atoms with E-state index in [4.69, 9.17) is 9.47 Å². The van der Waals surface area contributed by atoms with Crippen LogP contribution in [0.5, 0.6) is 5.75 Å². The number of ether oxygens (including phenoxy) is 2. The molecule has 1 unspecified atom stereocenters. The quantitative estimate of drug-likeness (QED) is 0.813. The molecular formula is C18H15FN2O6. The van der Waals surface area contributed by atoms with Gasteiger partial charge in [0.05, 0.1) is 35.2 Å². The van der Waals surface area contributed by atoms with E-state index in [1.54, 1.807) is 19.9 Å². The second kappa shape index (κ2) is 6.72. The summed E-state index contributed by atoms with van der Waals surface area (Å²) in [5.74, 6) is -5.10. The molecule has 140 valence electrons. The van der Waals surface area contributed by atoms with E-state index in [0.717, 1.165) is 12.3 Å². The molecule has 0 saturated heterocycles. The summed E-state index contributed by atoms with van der Waals surface area (Å²) in [5.41, 5.74) is -1.56. The van der Waals surface area contributed by atoms with Crippen molar-refractivity contribution in [1.82, 2.24) is 4.57 Å². The number of nitrogens with zero attached hydrogens (tertiary/aromatic N) is 2. The van der Waals surface area contributed by atoms with Crippen LogP contribution < -0.4 is 10.2 Å². The van der Waals surface area contributed by atoms with Gasteiger partial charge in [0, 0.05) is 6.20 Å². The van der Waals surface area contributed by atoms with Crippen LogP contribution in [-0.2, 0) is 9.53 Å². The van der Waals surface area contributed by atoms with E-state index in [2.05, 4.69) is 0 Å². The minimum absolute atomic E-state index is 0.00607. The lowest BCUT2D eigenvalue weighted by molar-refractivity contribution is -0.143. The highest BCUT2D eigenvalue weighted by Crippen LogP contribution is 2.40. The first kappa shape index (κ1) is 18.4. The van der Waals surface area contributed by atoms with Crippen molar-refractivity contribution in [2.75, 3.05) is 13.2 Å². The number of hydrogen-bond acceptors (Lipinski definition) is 6. The number of pyridine rings is 1. The molecule has 0 spiro atoms. The first-order valence-electron chi connectivity index (χ1n) is 8.15. The van der Waals surface area contributed by atoms with Gasteiger partial charge in [0.25, 0.3) is 0 Å². The topological polar surface area (TPSA) is 119 Å². The highest BCUT2D eigenvalue weighted by atomic mass is 19.1. The normalized spacial score (nSPS) is 16.3. The zero-order valence-electron chi connectivity index (χ0n) is 14.5. The van der Waals surface area contributed by atoms with E-state index in [9.17, 15) is 29.1 Å². The van der Waals surface area contributed by atoms with E-state index in [1.807, 2.05) is 0 Å². The fourth-order valence-electron chi connectivity index (χ4n) is 3.13. The van der Waals surface area contributed by atoms with Crippen molar-refractivity contribution in [1.29, 1.82) is 5.26 Å². The Morgan fingerprint density at radius 2 is 2.26 bits per heavy atom. The van der Waals surface area contributed by atoms with Crippen molar-refractivity contribution in [2.45, 2.75) is 25.8 Å². The van der Waals surface area contributed by atoms with E-state index < -0.39 is 34.7 Å². The average molecular weight is 374 g/mol. The maximum absolute atomic E-state index is 14.8. The molecule has 8 nitrogen and oxygen atoms in total. The molecule has 9 heteroatoms. The Kier molecular flexibility index (Phi) is 4.57. The molecule has 1 aliphatic heterocycles. The largest absolute Gasteiger partial charge is 0.489 e. The first-order valence-corrected chi connectivity index (χ1v) is 8.15. The third kappa shape index (κ3) is 2.79. The van der Waals surface area contributed by atoms with Crippen molar-refractivity contribution in [3.8, 4) is 11.8 Å². The van der Waals surface area contributed by atoms with Crippen molar-refractivity contribution in [3.63, 3.8) is 0 Å². The molecule has 3 rings (SSSR count). The molecule has 1 aromatic heterocycles. The Hall–Kier alpha value is -3.41. The molecule has 1 aliphatic rings. The minimum Gasteiger partial charge on any atom is -0.489 e. The highest BCUT2D eigenvalue weighted by molar-refractivity contribution is 5.96. The van der Waals surface area contributed by atoms with Crippen molar-refractivity contribution in [2.24, 2.45) is 0 Å². The Balaban J connectivity index is 2.41. The SMILES string of the molecule is CCOC(=O)C(C#N)c1c(F)cc2c(=O)c(C(=O)O)cn3c2c1OC[C@@H]3C. The second-order valence-corrected chi connectivity index (χ2v) is 6.06. The summed E-state index contributed by atoms with van der Waals surface area (Å²) in [4.78, 5) is 36.0. The van der Waals surface area contributed by atoms with Crippen LogP contribution in [-0.4, -0.2) is 34.8 Å². The van der Waals surface area contributed by atoms with Crippen LogP contribution in [0, 0.1) is 17.1 Å². The molecule has 0 aliphatic carbocycles. The van der Waals surface area contributed by atoms with E-state index in [0.29, 0.717) is 0 Å². The molecule has 0 amide bonds. The molecule has 0 radical (unpaired) electrons. The number of carbonyl (C=O) groups is 2. The Labute approximate surface area is 152 Å². The van der Waals surface area contributed by atoms with E-state index in [1.165, 1.54) is 4.57 Å². The van der Waals surface area contributed by atoms with Crippen molar-refractivity contribution in [3.05, 3.63) is 39.4 Å². The molecule has 2 aromatic rings. The fourth-order valence-corrected chi connectivity index (χ4v) is 3.13. The van der Waals surface area contributed by atoms with Gasteiger partial charge in [-0.1, -0.05) is 0 Å². The predicted octanol–water partition coefficient (Wildman–Crippen LogP) is 1.96. The summed E-state index contributed by atoms with van der Waals surface area (Å²) in [6.07, 6.45) is 1.16. The minimum atomic E-state index is -1.58. The maximum atomic E-state index is 14.8. The maximum Gasteiger partial charge on any atom is 0.341 e. The van der Waals surface area contributed by atoms with Crippen LogP contribution in [0.15, 0.2) is 17.1 Å². The number of aromatic nitrogens is 1. The summed E-state index contributed by atoms with van der Waals surface area (Å²) in [5, 5.41) is 18.4. The second-order valence-electron chi connectivity index (χ2n) is 6.06. The molecule has 1 aromatic carbocycles. The van der Waals surface area contributed by atoms with Crippen molar-refractivity contribution < 1.29 is 28.6 Å². The van der Waals surface area contributed by atoms with Gasteiger partial charge in [-0.3, -0.25) is 9.59 Å². The number of benzene rings is 1. The first-order chi connectivity index (χ1) is 12.8. The van der Waals surface area contributed by atoms with Gasteiger partial charge in [-0.15, -0.1) is 0 Å². The lowest BCUT2D eigenvalue weighted by atomic mass is 9.95. The summed E-state index contributed by atoms with van der Waals surface area (Å²) >= 11 is 0. The number of hydrogen-bond donors (Lipinski definition) is 1. The lowest BCUT2D eigenvalue weighted by Crippen LogP contribution is -2.28. The van der Waals surface area contributed by atoms with Crippen molar-refractivity contribution >= 4 is 22.8 Å². The smallest absolute Gasteiger partial charge is 0.341 e. The Morgan fingerprint density at radius 1 is 1.56 bits per heavy atom. The number of halogens is 1. The fraction of sp³-hybridized carbons (Fsp3) is 0.333. The number of esters is 1. The van der Waals surface area contributed by atoms with Gasteiger partial charge in [0.1, 0.15) is 18.0 Å². The Bertz CT molecular complexity index is 1070. The summed E-state index contributed by atoms with van der Waals surface area (Å²) in [6.45, 7) is 3.33. The number of aromatic carboxylic acids is 1. The van der Waals surface area contributed by atoms with Gasteiger partial charge in [0.2, 0.25) is 5.43 Å². The standard InChI is InChI=1S/C18H15FN2O6/c1-3-26-18(25)10(5-20)13-12(19)4-9-14-16(13)27-7-8(2)21(14)6-11(15(9)22)17(23)24/h4,6,8,10H,3,7H2,1-2H3,(H,23,24)/t8-,10?/m0/s1. The molecule has 0 fully saturated rings. The number of carbonyl (C=O) groups excluding carboxylic acids is 1. The van der Waals surface area contributed by atoms with Gasteiger partial charge in [-0.25, -0.2) is 9.18 Å². The van der Waals surface area contributed by atoms with Gasteiger partial charge >= 0.3 is 11.9 Å². The lowest BCUT2D eigenvalue weighted by Gasteiger charge is -2.29. The number of rotatable bonds is 4. The van der Waals surface area contributed by atoms with E-state index in [-0.39, 0.29) is 41.5 Å². The van der Waals surface area contributed by atoms with Gasteiger partial charge in [0.15, 0.2) is 11.7 Å². The third-order valence-corrected chi connectivity index (χ3v) is 4.37. The average Bonchev–Trinajstić information content (AvgIpc) is 2.62. The summed E-state index contributed by atoms with van der Waals surface area (Å²) in [6, 6.07) is 2.20. The van der Waals surface area contributed by atoms with E-state index >= 15 is 0 Å². The summed E-state index contributed by atoms with van der Waals surface area (Å²) in [7, 11) is 0. The van der Waals surface area contributed by atoms with Crippen LogP contribution in [0.2, 0.25) is 0 Å². The molecule has 2 heterocycles. The number of nitriles is 1. The Morgan fingerprint density at radius 3 is 2.85 bits per heavy atom. The molecule has 27 heavy (non-hydrogen) atoms. The van der Waals surface area contributed by atoms with Crippen LogP contribution >= 0.6 is 0 Å². The highest BCUT2D eigenvalue weighted by Gasteiger charge is 2.34. The third-order valence-electron chi connectivity index (χ3n) is 4.37. The zero-order valence-corrected chi connectivity index (χ0v) is 14.5. The van der Waals surface area contributed by atoms with Gasteiger partial charge < -0.3 is 19.1 Å². The molecule has 2 atom stereocenters. The zero-order chi connectivity index (χ0) is 19.9. The van der Waals surface area contributed by atoms with Crippen LogP contribution in [0.1, 0.15) is 41.7 Å². The number of carboxylic acids is 1. The molecule has 1 N–H and O–H groups in total. The van der Waals surface area contributed by atoms with Crippen LogP contribution in [0.3, 0.4) is 0 Å². The van der Waals surface area contributed by atoms with Crippen LogP contribution in [0.4, 0.5) is 4.39 Å². The molecule has 0 bridgehead atoms. The summed E-state index contributed by atoms with van der Waals surface area (Å²) < 4.78 is 26.7. The van der Waals surface area contributed by atoms with Gasteiger partial charge in [-0.05, 0) is 19.9 Å². The van der Waals surface area contributed by atoms with Gasteiger partial charge in [-0.2, -0.15) is 5.26 Å². The molecule has 0 saturated carbocycles. The van der Waals surface area contributed by atoms with Crippen LogP contribution in [0.25, 0.3) is 10.9 Å². The predicted molar refractivity (Wildman–Crippen MR) is 90.3 cm³/mol.